The van der Waals surface area contributed by atoms with Crippen LogP contribution in [0.3, 0.4) is 0 Å². The Morgan fingerprint density at radius 1 is 1.18 bits per heavy atom. The standard InChI is InChI=1S/C28H37N5O5/c1-19(2)13-14-29-28(35)27(22-12-11-20(36-3)16-25(22)37-4)32(17-21-8-7-15-38-21)26(34)18-33-24-10-6-5-9-23(24)30-31-33/h5-6,9-12,16,19,21,27H,7-8,13-15,17-18H2,1-4H3,(H,29,35)/t21-,27-/m1/s1. The minimum absolute atomic E-state index is 0.0680. The minimum Gasteiger partial charge on any atom is -0.497 e. The lowest BCUT2D eigenvalue weighted by Gasteiger charge is -2.34. The highest BCUT2D eigenvalue weighted by Crippen LogP contribution is 2.34. The number of fused-ring (bicyclic) bond motifs is 1. The molecule has 3 aromatic rings. The monoisotopic (exact) mass is 523 g/mol. The molecule has 38 heavy (non-hydrogen) atoms. The Bertz CT molecular complexity index is 1240. The van der Waals surface area contributed by atoms with Crippen LogP contribution in [-0.4, -0.2) is 71.7 Å². The third-order valence-electron chi connectivity index (χ3n) is 6.77. The Hall–Kier alpha value is -3.66. The predicted octanol–water partition coefficient (Wildman–Crippen LogP) is 3.36. The van der Waals surface area contributed by atoms with Gasteiger partial charge >= 0.3 is 0 Å². The Labute approximate surface area is 223 Å². The van der Waals surface area contributed by atoms with Crippen LogP contribution in [0.25, 0.3) is 11.0 Å². The molecular formula is C28H37N5O5. The number of para-hydroxylation sites is 1. The lowest BCUT2D eigenvalue weighted by molar-refractivity contribution is -0.143. The normalized spacial score (nSPS) is 16.0. The molecule has 1 fully saturated rings. The quantitative estimate of drug-likeness (QED) is 0.388. The topological polar surface area (TPSA) is 108 Å². The number of hydrogen-bond acceptors (Lipinski definition) is 7. The van der Waals surface area contributed by atoms with Gasteiger partial charge in [-0.15, -0.1) is 5.10 Å². The molecule has 0 unspecified atom stereocenters. The summed E-state index contributed by atoms with van der Waals surface area (Å²) in [6.45, 7) is 5.54. The van der Waals surface area contributed by atoms with Crippen LogP contribution in [0.2, 0.25) is 0 Å². The molecule has 4 rings (SSSR count). The maximum atomic E-state index is 14.0. The van der Waals surface area contributed by atoms with Crippen LogP contribution in [0.1, 0.15) is 44.7 Å². The summed E-state index contributed by atoms with van der Waals surface area (Å²) in [5.41, 5.74) is 2.02. The van der Waals surface area contributed by atoms with Gasteiger partial charge in [0.1, 0.15) is 29.6 Å². The fourth-order valence-electron chi connectivity index (χ4n) is 4.69. The fraction of sp³-hybridized carbons (Fsp3) is 0.500. The average Bonchev–Trinajstić information content (AvgIpc) is 3.58. The summed E-state index contributed by atoms with van der Waals surface area (Å²) in [6.07, 6.45) is 2.39. The van der Waals surface area contributed by atoms with Crippen LogP contribution in [-0.2, 0) is 20.9 Å². The van der Waals surface area contributed by atoms with E-state index >= 15 is 0 Å². The van der Waals surface area contributed by atoms with Crippen molar-refractivity contribution in [2.75, 3.05) is 33.9 Å². The summed E-state index contributed by atoms with van der Waals surface area (Å²) >= 11 is 0. The Kier molecular flexibility index (Phi) is 9.17. The zero-order valence-electron chi connectivity index (χ0n) is 22.6. The van der Waals surface area contributed by atoms with Crippen LogP contribution in [0.15, 0.2) is 42.5 Å². The number of amides is 2. The van der Waals surface area contributed by atoms with E-state index in [2.05, 4.69) is 29.5 Å². The smallest absolute Gasteiger partial charge is 0.247 e. The number of aromatic nitrogens is 3. The van der Waals surface area contributed by atoms with Crippen molar-refractivity contribution >= 4 is 22.8 Å². The van der Waals surface area contributed by atoms with E-state index in [-0.39, 0.29) is 31.0 Å². The zero-order chi connectivity index (χ0) is 27.1. The van der Waals surface area contributed by atoms with Crippen LogP contribution < -0.4 is 14.8 Å². The molecule has 1 aliphatic rings. The largest absolute Gasteiger partial charge is 0.497 e. The van der Waals surface area contributed by atoms with Gasteiger partial charge in [-0.1, -0.05) is 31.2 Å². The van der Waals surface area contributed by atoms with Crippen molar-refractivity contribution in [3.05, 3.63) is 48.0 Å². The van der Waals surface area contributed by atoms with Crippen LogP contribution in [0, 0.1) is 5.92 Å². The highest BCUT2D eigenvalue weighted by molar-refractivity contribution is 5.90. The van der Waals surface area contributed by atoms with E-state index in [0.717, 1.165) is 24.8 Å². The number of nitrogens with one attached hydrogen (secondary N) is 1. The van der Waals surface area contributed by atoms with Crippen molar-refractivity contribution in [2.45, 2.75) is 51.8 Å². The van der Waals surface area contributed by atoms with Crippen molar-refractivity contribution in [2.24, 2.45) is 5.92 Å². The van der Waals surface area contributed by atoms with Crippen LogP contribution >= 0.6 is 0 Å². The number of hydrogen-bond donors (Lipinski definition) is 1. The van der Waals surface area contributed by atoms with Crippen molar-refractivity contribution in [1.29, 1.82) is 0 Å². The summed E-state index contributed by atoms with van der Waals surface area (Å²) in [7, 11) is 3.11. The van der Waals surface area contributed by atoms with E-state index < -0.39 is 6.04 Å². The molecule has 204 valence electrons. The molecule has 1 N–H and O–H groups in total. The number of methoxy groups -OCH3 is 2. The molecule has 0 aliphatic carbocycles. The van der Waals surface area contributed by atoms with Gasteiger partial charge in [0.15, 0.2) is 0 Å². The first-order chi connectivity index (χ1) is 18.4. The Morgan fingerprint density at radius 3 is 2.71 bits per heavy atom. The number of carbonyl (C=O) groups is 2. The first kappa shape index (κ1) is 27.4. The Morgan fingerprint density at radius 2 is 2.00 bits per heavy atom. The summed E-state index contributed by atoms with van der Waals surface area (Å²) < 4.78 is 18.5. The molecule has 1 aromatic heterocycles. The zero-order valence-corrected chi connectivity index (χ0v) is 22.6. The fourth-order valence-corrected chi connectivity index (χ4v) is 4.69. The van der Waals surface area contributed by atoms with E-state index in [4.69, 9.17) is 14.2 Å². The molecule has 1 saturated heterocycles. The highest BCUT2D eigenvalue weighted by Gasteiger charge is 2.36. The molecule has 1 aliphatic heterocycles. The first-order valence-electron chi connectivity index (χ1n) is 13.1. The number of rotatable bonds is 12. The van der Waals surface area contributed by atoms with Gasteiger partial charge in [-0.2, -0.15) is 0 Å². The molecule has 2 atom stereocenters. The summed E-state index contributed by atoms with van der Waals surface area (Å²) in [5.74, 6) is 0.941. The van der Waals surface area contributed by atoms with E-state index in [0.29, 0.717) is 41.6 Å². The lowest BCUT2D eigenvalue weighted by Crippen LogP contribution is -2.48. The summed E-state index contributed by atoms with van der Waals surface area (Å²) in [5, 5.41) is 11.4. The van der Waals surface area contributed by atoms with Gasteiger partial charge in [0.25, 0.3) is 0 Å². The van der Waals surface area contributed by atoms with Crippen molar-refractivity contribution in [3.8, 4) is 11.5 Å². The highest BCUT2D eigenvalue weighted by atomic mass is 16.5. The lowest BCUT2D eigenvalue weighted by atomic mass is 10.0. The average molecular weight is 524 g/mol. The van der Waals surface area contributed by atoms with Crippen molar-refractivity contribution in [3.63, 3.8) is 0 Å². The van der Waals surface area contributed by atoms with E-state index in [1.807, 2.05) is 24.3 Å². The molecule has 2 amide bonds. The Balaban J connectivity index is 1.72. The molecule has 10 nitrogen and oxygen atoms in total. The van der Waals surface area contributed by atoms with E-state index in [9.17, 15) is 9.59 Å². The molecule has 10 heteroatoms. The first-order valence-corrected chi connectivity index (χ1v) is 13.1. The molecule has 0 radical (unpaired) electrons. The van der Waals surface area contributed by atoms with Gasteiger partial charge in [-0.05, 0) is 49.4 Å². The molecule has 0 bridgehead atoms. The van der Waals surface area contributed by atoms with Gasteiger partial charge in [-0.3, -0.25) is 9.59 Å². The third kappa shape index (κ3) is 6.42. The van der Waals surface area contributed by atoms with Crippen LogP contribution in [0.5, 0.6) is 11.5 Å². The predicted molar refractivity (Wildman–Crippen MR) is 143 cm³/mol. The summed E-state index contributed by atoms with van der Waals surface area (Å²) in [4.78, 5) is 29.4. The number of carbonyl (C=O) groups excluding carboxylic acids is 2. The second-order valence-electron chi connectivity index (χ2n) is 9.90. The molecular weight excluding hydrogens is 486 g/mol. The molecule has 2 aromatic carbocycles. The van der Waals surface area contributed by atoms with Gasteiger partial charge < -0.3 is 24.4 Å². The number of benzene rings is 2. The molecule has 2 heterocycles. The van der Waals surface area contributed by atoms with E-state index in [1.54, 1.807) is 42.0 Å². The number of ether oxygens (including phenoxy) is 3. The van der Waals surface area contributed by atoms with Crippen LogP contribution in [0.4, 0.5) is 0 Å². The minimum atomic E-state index is -0.936. The second kappa shape index (κ2) is 12.7. The van der Waals surface area contributed by atoms with Gasteiger partial charge in [-0.25, -0.2) is 4.68 Å². The van der Waals surface area contributed by atoms with Gasteiger partial charge in [0.05, 0.1) is 25.8 Å². The molecule has 0 saturated carbocycles. The van der Waals surface area contributed by atoms with Crippen molar-refractivity contribution in [1.82, 2.24) is 25.2 Å². The van der Waals surface area contributed by atoms with Gasteiger partial charge in [0.2, 0.25) is 11.8 Å². The second-order valence-corrected chi connectivity index (χ2v) is 9.90. The number of nitrogens with zero attached hydrogens (tertiary/aromatic N) is 4. The molecule has 0 spiro atoms. The maximum Gasteiger partial charge on any atom is 0.247 e. The SMILES string of the molecule is COc1ccc([C@H](C(=O)NCCC(C)C)N(C[C@H]2CCCO2)C(=O)Cn2nnc3ccccc32)c(OC)c1. The van der Waals surface area contributed by atoms with E-state index in [1.165, 1.54) is 0 Å². The maximum absolute atomic E-state index is 14.0. The summed E-state index contributed by atoms with van der Waals surface area (Å²) in [6, 6.07) is 11.8. The van der Waals surface area contributed by atoms with Gasteiger partial charge in [0, 0.05) is 31.3 Å². The third-order valence-corrected chi connectivity index (χ3v) is 6.77. The van der Waals surface area contributed by atoms with Crippen molar-refractivity contribution < 1.29 is 23.8 Å².